The molecule has 29 heavy (non-hydrogen) atoms. The van der Waals surface area contributed by atoms with E-state index in [-0.39, 0.29) is 17.9 Å². The Kier molecular flexibility index (Phi) is 7.41. The van der Waals surface area contributed by atoms with Crippen LogP contribution in [-0.2, 0) is 27.3 Å². The predicted molar refractivity (Wildman–Crippen MR) is 119 cm³/mol. The van der Waals surface area contributed by atoms with E-state index in [1.807, 2.05) is 30.3 Å². The quantitative estimate of drug-likeness (QED) is 0.391. The second kappa shape index (κ2) is 10.0. The molecule has 3 rings (SSSR count). The fourth-order valence-corrected chi connectivity index (χ4v) is 4.28. The monoisotopic (exact) mass is 427 g/mol. The van der Waals surface area contributed by atoms with Crippen LogP contribution in [0.1, 0.15) is 37.5 Å². The van der Waals surface area contributed by atoms with Crippen molar-refractivity contribution < 1.29 is 9.53 Å². The second-order valence-corrected chi connectivity index (χ2v) is 9.84. The van der Waals surface area contributed by atoms with Crippen LogP contribution in [0.5, 0.6) is 0 Å². The summed E-state index contributed by atoms with van der Waals surface area (Å²) >= 11 is 2.98. The molecular weight excluding hydrogens is 402 g/mol. The van der Waals surface area contributed by atoms with Crippen molar-refractivity contribution in [2.75, 3.05) is 11.9 Å². The third-order valence-corrected chi connectivity index (χ3v) is 6.22. The second-order valence-electron chi connectivity index (χ2n) is 7.64. The molecule has 7 heteroatoms. The first-order valence-corrected chi connectivity index (χ1v) is 11.2. The number of rotatable bonds is 8. The molecule has 2 aromatic carbocycles. The Morgan fingerprint density at radius 1 is 1.03 bits per heavy atom. The highest BCUT2D eigenvalue weighted by Gasteiger charge is 2.13. The molecule has 0 aliphatic carbocycles. The molecular formula is C22H25N3O2S2. The van der Waals surface area contributed by atoms with Gasteiger partial charge in [-0.15, -0.1) is 10.2 Å². The minimum absolute atomic E-state index is 0.0168. The molecule has 3 aromatic rings. The lowest BCUT2D eigenvalue weighted by molar-refractivity contribution is -0.121. The van der Waals surface area contributed by atoms with Crippen LogP contribution >= 0.6 is 23.1 Å². The van der Waals surface area contributed by atoms with Crippen LogP contribution in [-0.4, -0.2) is 22.7 Å². The first-order chi connectivity index (χ1) is 13.9. The van der Waals surface area contributed by atoms with Crippen molar-refractivity contribution in [3.63, 3.8) is 0 Å². The molecule has 0 aliphatic heterocycles. The SMILES string of the molecule is CC(C)(C)c1ccc(CSc2nnc(NC(=O)COCc3ccccc3)s2)cc1. The third kappa shape index (κ3) is 6.96. The van der Waals surface area contributed by atoms with E-state index < -0.39 is 0 Å². The van der Waals surface area contributed by atoms with Gasteiger partial charge in [0.25, 0.3) is 5.91 Å². The number of hydrogen-bond donors (Lipinski definition) is 1. The summed E-state index contributed by atoms with van der Waals surface area (Å²) in [6, 6.07) is 18.4. The van der Waals surface area contributed by atoms with Gasteiger partial charge in [0, 0.05) is 5.75 Å². The lowest BCUT2D eigenvalue weighted by atomic mass is 9.87. The largest absolute Gasteiger partial charge is 0.367 e. The summed E-state index contributed by atoms with van der Waals surface area (Å²) in [6.45, 7) is 7.01. The summed E-state index contributed by atoms with van der Waals surface area (Å²) in [7, 11) is 0. The van der Waals surface area contributed by atoms with Gasteiger partial charge in [0.1, 0.15) is 6.61 Å². The Morgan fingerprint density at radius 3 is 2.45 bits per heavy atom. The molecule has 0 atom stereocenters. The zero-order chi connectivity index (χ0) is 20.7. The molecule has 1 N–H and O–H groups in total. The van der Waals surface area contributed by atoms with E-state index in [0.717, 1.165) is 15.7 Å². The Balaban J connectivity index is 1.42. The molecule has 1 amide bonds. The van der Waals surface area contributed by atoms with Crippen molar-refractivity contribution in [3.05, 3.63) is 71.3 Å². The Hall–Kier alpha value is -2.22. The van der Waals surface area contributed by atoms with Gasteiger partial charge in [-0.25, -0.2) is 0 Å². The van der Waals surface area contributed by atoms with Crippen LogP contribution in [0.2, 0.25) is 0 Å². The van der Waals surface area contributed by atoms with E-state index in [4.69, 9.17) is 4.74 Å². The van der Waals surface area contributed by atoms with Crippen molar-refractivity contribution in [1.29, 1.82) is 0 Å². The third-order valence-electron chi connectivity index (χ3n) is 4.18. The lowest BCUT2D eigenvalue weighted by Crippen LogP contribution is -2.18. The maximum Gasteiger partial charge on any atom is 0.252 e. The first kappa shape index (κ1) is 21.5. The molecule has 0 spiro atoms. The predicted octanol–water partition coefficient (Wildman–Crippen LogP) is 5.28. The van der Waals surface area contributed by atoms with Crippen molar-refractivity contribution in [1.82, 2.24) is 10.2 Å². The van der Waals surface area contributed by atoms with Crippen molar-refractivity contribution in [2.24, 2.45) is 0 Å². The maximum atomic E-state index is 12.0. The van der Waals surface area contributed by atoms with Crippen LogP contribution in [0, 0.1) is 0 Å². The molecule has 0 saturated heterocycles. The number of nitrogens with one attached hydrogen (secondary N) is 1. The number of aromatic nitrogens is 2. The minimum atomic E-state index is -0.230. The van der Waals surface area contributed by atoms with E-state index in [1.165, 1.54) is 22.5 Å². The summed E-state index contributed by atoms with van der Waals surface area (Å²) in [6.07, 6.45) is 0. The number of anilines is 1. The van der Waals surface area contributed by atoms with Crippen LogP contribution < -0.4 is 5.32 Å². The zero-order valence-corrected chi connectivity index (χ0v) is 18.5. The Labute approximate surface area is 179 Å². The van der Waals surface area contributed by atoms with Gasteiger partial charge in [-0.1, -0.05) is 98.5 Å². The lowest BCUT2D eigenvalue weighted by Gasteiger charge is -2.19. The summed E-state index contributed by atoms with van der Waals surface area (Å²) in [5.74, 6) is 0.583. The molecule has 1 heterocycles. The number of ether oxygens (including phenoxy) is 1. The highest BCUT2D eigenvalue weighted by molar-refractivity contribution is 8.00. The Morgan fingerprint density at radius 2 is 1.76 bits per heavy atom. The van der Waals surface area contributed by atoms with Gasteiger partial charge < -0.3 is 4.74 Å². The molecule has 0 bridgehead atoms. The molecule has 0 radical (unpaired) electrons. The fraction of sp³-hybridized carbons (Fsp3) is 0.318. The van der Waals surface area contributed by atoms with Crippen molar-refractivity contribution in [3.8, 4) is 0 Å². The minimum Gasteiger partial charge on any atom is -0.367 e. The van der Waals surface area contributed by atoms with Gasteiger partial charge in [-0.2, -0.15) is 0 Å². The molecule has 5 nitrogen and oxygen atoms in total. The number of amides is 1. The van der Waals surface area contributed by atoms with Crippen LogP contribution in [0.25, 0.3) is 0 Å². The molecule has 0 unspecified atom stereocenters. The normalized spacial score (nSPS) is 11.4. The number of nitrogens with zero attached hydrogens (tertiary/aromatic N) is 2. The number of thioether (sulfide) groups is 1. The highest BCUT2D eigenvalue weighted by Crippen LogP contribution is 2.29. The molecule has 0 fully saturated rings. The van der Waals surface area contributed by atoms with E-state index in [9.17, 15) is 4.79 Å². The van der Waals surface area contributed by atoms with E-state index >= 15 is 0 Å². The van der Waals surface area contributed by atoms with Gasteiger partial charge in [0.15, 0.2) is 4.34 Å². The Bertz CT molecular complexity index is 919. The molecule has 0 aliphatic rings. The summed E-state index contributed by atoms with van der Waals surface area (Å²) in [4.78, 5) is 12.0. The first-order valence-electron chi connectivity index (χ1n) is 9.37. The number of hydrogen-bond acceptors (Lipinski definition) is 6. The van der Waals surface area contributed by atoms with E-state index in [0.29, 0.717) is 11.7 Å². The van der Waals surface area contributed by atoms with Crippen molar-refractivity contribution in [2.45, 2.75) is 42.9 Å². The summed E-state index contributed by atoms with van der Waals surface area (Å²) < 4.78 is 6.26. The van der Waals surface area contributed by atoms with E-state index in [2.05, 4.69) is 60.6 Å². The van der Waals surface area contributed by atoms with E-state index in [1.54, 1.807) is 11.8 Å². The fourth-order valence-electron chi connectivity index (χ4n) is 2.56. The molecule has 1 aromatic heterocycles. The molecule has 152 valence electrons. The van der Waals surface area contributed by atoms with Gasteiger partial charge in [-0.05, 0) is 22.1 Å². The summed E-state index contributed by atoms with van der Waals surface area (Å²) in [5, 5.41) is 11.4. The average molecular weight is 428 g/mol. The topological polar surface area (TPSA) is 64.1 Å². The number of carbonyl (C=O) groups is 1. The van der Waals surface area contributed by atoms with Gasteiger partial charge in [0.2, 0.25) is 5.13 Å². The highest BCUT2D eigenvalue weighted by atomic mass is 32.2. The summed E-state index contributed by atoms with van der Waals surface area (Å²) in [5.41, 5.74) is 3.74. The standard InChI is InChI=1S/C22H25N3O2S2/c1-22(2,3)18-11-9-17(10-12-18)15-28-21-25-24-20(29-21)23-19(26)14-27-13-16-7-5-4-6-8-16/h4-12H,13-15H2,1-3H3,(H,23,24,26). The van der Waals surface area contributed by atoms with Crippen LogP contribution in [0.15, 0.2) is 58.9 Å². The van der Waals surface area contributed by atoms with Gasteiger partial charge >= 0.3 is 0 Å². The zero-order valence-electron chi connectivity index (χ0n) is 16.8. The molecule has 0 saturated carbocycles. The van der Waals surface area contributed by atoms with Gasteiger partial charge in [-0.3, -0.25) is 10.1 Å². The number of carbonyl (C=O) groups excluding carboxylic acids is 1. The van der Waals surface area contributed by atoms with Crippen LogP contribution in [0.3, 0.4) is 0 Å². The van der Waals surface area contributed by atoms with Gasteiger partial charge in [0.05, 0.1) is 6.61 Å². The maximum absolute atomic E-state index is 12.0. The smallest absolute Gasteiger partial charge is 0.252 e. The average Bonchev–Trinajstić information content (AvgIpc) is 3.14. The number of benzene rings is 2. The van der Waals surface area contributed by atoms with Crippen molar-refractivity contribution >= 4 is 34.1 Å². The van der Waals surface area contributed by atoms with Crippen LogP contribution in [0.4, 0.5) is 5.13 Å².